The van der Waals surface area contributed by atoms with E-state index < -0.39 is 0 Å². The van der Waals surface area contributed by atoms with E-state index in [1.807, 2.05) is 6.07 Å². The standard InChI is InChI=1S/C13H15Cl2NO2/c1-16(13(17)12-3-2-6-18-12)8-9-4-5-10(14)11(15)7-9/h4-5,7,12H,2-3,6,8H2,1H3/t12-/m0/s1. The molecule has 5 heteroatoms. The quantitative estimate of drug-likeness (QED) is 0.855. The number of carbonyl (C=O) groups excluding carboxylic acids is 1. The molecule has 1 atom stereocenters. The second-order valence-electron chi connectivity index (χ2n) is 4.44. The molecule has 3 nitrogen and oxygen atoms in total. The molecule has 0 spiro atoms. The second kappa shape index (κ2) is 5.91. The van der Waals surface area contributed by atoms with Crippen LogP contribution in [0.1, 0.15) is 18.4 Å². The monoisotopic (exact) mass is 287 g/mol. The molecule has 1 aromatic carbocycles. The zero-order valence-electron chi connectivity index (χ0n) is 10.2. The lowest BCUT2D eigenvalue weighted by Gasteiger charge is -2.20. The van der Waals surface area contributed by atoms with Crippen molar-refractivity contribution in [2.24, 2.45) is 0 Å². The van der Waals surface area contributed by atoms with Gasteiger partial charge in [0.25, 0.3) is 5.91 Å². The Morgan fingerprint density at radius 2 is 2.22 bits per heavy atom. The summed E-state index contributed by atoms with van der Waals surface area (Å²) < 4.78 is 5.38. The van der Waals surface area contributed by atoms with Crippen LogP contribution in [0.2, 0.25) is 10.0 Å². The van der Waals surface area contributed by atoms with E-state index in [9.17, 15) is 4.79 Å². The Labute approximate surface area is 117 Å². The molecular formula is C13H15Cl2NO2. The minimum Gasteiger partial charge on any atom is -0.368 e. The summed E-state index contributed by atoms with van der Waals surface area (Å²) in [6, 6.07) is 5.39. The minimum absolute atomic E-state index is 0.0265. The zero-order valence-corrected chi connectivity index (χ0v) is 11.7. The molecule has 2 rings (SSSR count). The number of hydrogen-bond acceptors (Lipinski definition) is 2. The number of hydrogen-bond donors (Lipinski definition) is 0. The predicted molar refractivity (Wildman–Crippen MR) is 71.9 cm³/mol. The maximum Gasteiger partial charge on any atom is 0.251 e. The first kappa shape index (κ1) is 13.7. The molecule has 1 aliphatic rings. The summed E-state index contributed by atoms with van der Waals surface area (Å²) in [6.45, 7) is 1.19. The van der Waals surface area contributed by atoms with E-state index in [4.69, 9.17) is 27.9 Å². The molecule has 98 valence electrons. The summed E-state index contributed by atoms with van der Waals surface area (Å²) >= 11 is 11.8. The van der Waals surface area contributed by atoms with E-state index in [2.05, 4.69) is 0 Å². The molecule has 1 amide bonds. The van der Waals surface area contributed by atoms with Gasteiger partial charge in [-0.3, -0.25) is 4.79 Å². The normalized spacial score (nSPS) is 18.9. The van der Waals surface area contributed by atoms with Crippen LogP contribution in [0.3, 0.4) is 0 Å². The van der Waals surface area contributed by atoms with Gasteiger partial charge in [-0.25, -0.2) is 0 Å². The van der Waals surface area contributed by atoms with Gasteiger partial charge in [0.15, 0.2) is 0 Å². The topological polar surface area (TPSA) is 29.5 Å². The van der Waals surface area contributed by atoms with Gasteiger partial charge in [0.2, 0.25) is 0 Å². The number of benzene rings is 1. The van der Waals surface area contributed by atoms with Gasteiger partial charge in [0.05, 0.1) is 10.0 Å². The minimum atomic E-state index is -0.280. The van der Waals surface area contributed by atoms with Gasteiger partial charge >= 0.3 is 0 Å². The highest BCUT2D eigenvalue weighted by atomic mass is 35.5. The fraction of sp³-hybridized carbons (Fsp3) is 0.462. The summed E-state index contributed by atoms with van der Waals surface area (Å²) in [7, 11) is 1.77. The average molecular weight is 288 g/mol. The molecule has 0 aliphatic carbocycles. The largest absolute Gasteiger partial charge is 0.368 e. The lowest BCUT2D eigenvalue weighted by molar-refractivity contribution is -0.140. The van der Waals surface area contributed by atoms with Gasteiger partial charge in [-0.2, -0.15) is 0 Å². The molecule has 0 N–H and O–H groups in total. The van der Waals surface area contributed by atoms with E-state index in [0.717, 1.165) is 18.4 Å². The fourth-order valence-electron chi connectivity index (χ4n) is 2.01. The van der Waals surface area contributed by atoms with Crippen molar-refractivity contribution in [1.29, 1.82) is 0 Å². The summed E-state index contributed by atoms with van der Waals surface area (Å²) in [5.74, 6) is 0.0265. The number of carbonyl (C=O) groups is 1. The van der Waals surface area contributed by atoms with Gasteiger partial charge in [0.1, 0.15) is 6.10 Å². The maximum absolute atomic E-state index is 12.0. The third-order valence-electron chi connectivity index (χ3n) is 2.99. The number of rotatable bonds is 3. The second-order valence-corrected chi connectivity index (χ2v) is 5.26. The number of likely N-dealkylation sites (N-methyl/N-ethyl adjacent to an activating group) is 1. The lowest BCUT2D eigenvalue weighted by atomic mass is 10.2. The lowest BCUT2D eigenvalue weighted by Crippen LogP contribution is -2.35. The first-order valence-corrected chi connectivity index (χ1v) is 6.64. The van der Waals surface area contributed by atoms with Gasteiger partial charge in [-0.05, 0) is 30.5 Å². The summed E-state index contributed by atoms with van der Waals surface area (Å²) in [5.41, 5.74) is 0.957. The first-order valence-electron chi connectivity index (χ1n) is 5.88. The van der Waals surface area contributed by atoms with Crippen LogP contribution in [0.15, 0.2) is 18.2 Å². The predicted octanol–water partition coefficient (Wildman–Crippen LogP) is 3.13. The molecule has 0 bridgehead atoms. The molecule has 18 heavy (non-hydrogen) atoms. The van der Waals surface area contributed by atoms with Crippen molar-refractivity contribution in [2.45, 2.75) is 25.5 Å². The number of nitrogens with zero attached hydrogens (tertiary/aromatic N) is 1. The summed E-state index contributed by atoms with van der Waals surface area (Å²) in [6.07, 6.45) is 1.49. The van der Waals surface area contributed by atoms with E-state index in [1.165, 1.54) is 0 Å². The van der Waals surface area contributed by atoms with Crippen LogP contribution in [-0.4, -0.2) is 30.6 Å². The SMILES string of the molecule is CN(Cc1ccc(Cl)c(Cl)c1)C(=O)[C@@H]1CCCO1. The molecular weight excluding hydrogens is 273 g/mol. The van der Waals surface area contributed by atoms with E-state index in [1.54, 1.807) is 24.1 Å². The molecule has 1 fully saturated rings. The third-order valence-corrected chi connectivity index (χ3v) is 3.72. The van der Waals surface area contributed by atoms with Crippen LogP contribution in [-0.2, 0) is 16.1 Å². The van der Waals surface area contributed by atoms with Gasteiger partial charge in [0, 0.05) is 20.2 Å². The van der Waals surface area contributed by atoms with Gasteiger partial charge in [-0.15, -0.1) is 0 Å². The van der Waals surface area contributed by atoms with Crippen LogP contribution >= 0.6 is 23.2 Å². The molecule has 1 saturated heterocycles. The van der Waals surface area contributed by atoms with E-state index in [-0.39, 0.29) is 12.0 Å². The molecule has 0 unspecified atom stereocenters. The molecule has 0 aromatic heterocycles. The Morgan fingerprint density at radius 3 is 2.83 bits per heavy atom. The molecule has 0 radical (unpaired) electrons. The van der Waals surface area contributed by atoms with Crippen molar-refractivity contribution in [3.05, 3.63) is 33.8 Å². The van der Waals surface area contributed by atoms with E-state index in [0.29, 0.717) is 23.2 Å². The van der Waals surface area contributed by atoms with Crippen molar-refractivity contribution < 1.29 is 9.53 Å². The Bertz CT molecular complexity index is 445. The van der Waals surface area contributed by atoms with Crippen molar-refractivity contribution in [3.63, 3.8) is 0 Å². The van der Waals surface area contributed by atoms with Crippen LogP contribution in [0.25, 0.3) is 0 Å². The molecule has 0 saturated carbocycles. The molecule has 1 aliphatic heterocycles. The highest BCUT2D eigenvalue weighted by molar-refractivity contribution is 6.42. The smallest absolute Gasteiger partial charge is 0.251 e. The maximum atomic E-state index is 12.0. The van der Waals surface area contributed by atoms with Gasteiger partial charge < -0.3 is 9.64 Å². The van der Waals surface area contributed by atoms with Crippen molar-refractivity contribution >= 4 is 29.1 Å². The fourth-order valence-corrected chi connectivity index (χ4v) is 2.33. The highest BCUT2D eigenvalue weighted by Crippen LogP contribution is 2.23. The van der Waals surface area contributed by atoms with Crippen LogP contribution in [0, 0.1) is 0 Å². The Hall–Kier alpha value is -0.770. The van der Waals surface area contributed by atoms with Crippen LogP contribution < -0.4 is 0 Å². The number of ether oxygens (including phenoxy) is 1. The van der Waals surface area contributed by atoms with Crippen LogP contribution in [0.5, 0.6) is 0 Å². The molecule has 1 heterocycles. The van der Waals surface area contributed by atoms with Gasteiger partial charge in [-0.1, -0.05) is 29.3 Å². The van der Waals surface area contributed by atoms with Crippen molar-refractivity contribution in [1.82, 2.24) is 4.90 Å². The Kier molecular flexibility index (Phi) is 4.49. The number of amides is 1. The zero-order chi connectivity index (χ0) is 13.1. The van der Waals surface area contributed by atoms with E-state index >= 15 is 0 Å². The first-order chi connectivity index (χ1) is 8.58. The Morgan fingerprint density at radius 1 is 1.44 bits per heavy atom. The van der Waals surface area contributed by atoms with Crippen molar-refractivity contribution in [3.8, 4) is 0 Å². The van der Waals surface area contributed by atoms with Crippen molar-refractivity contribution in [2.75, 3.05) is 13.7 Å². The summed E-state index contributed by atoms with van der Waals surface area (Å²) in [5, 5.41) is 1.03. The van der Waals surface area contributed by atoms with Crippen LogP contribution in [0.4, 0.5) is 0 Å². The summed E-state index contributed by atoms with van der Waals surface area (Å²) in [4.78, 5) is 13.7. The number of halogens is 2. The third kappa shape index (κ3) is 3.16. The Balaban J connectivity index is 1.99. The highest BCUT2D eigenvalue weighted by Gasteiger charge is 2.26. The molecule has 1 aromatic rings. The average Bonchev–Trinajstić information content (AvgIpc) is 2.86.